The molecule has 10 heteroatoms. The molecule has 0 unspecified atom stereocenters. The van der Waals surface area contributed by atoms with Crippen LogP contribution in [-0.2, 0) is 6.54 Å². The highest BCUT2D eigenvalue weighted by atomic mass is 32.1. The third kappa shape index (κ3) is 6.07. The van der Waals surface area contributed by atoms with Gasteiger partial charge in [-0.15, -0.1) is 0 Å². The number of carbonyl (C=O) groups is 1. The zero-order chi connectivity index (χ0) is 28.9. The fourth-order valence-corrected chi connectivity index (χ4v) is 5.28. The SMILES string of the molecule is CCOc1cc2[nH]c(=S)n(Cc3ccc(C(=O)N4CCN(c5ccc(OC)cc5)CC4)cc3)c(=O)c2cc1OCC. The van der Waals surface area contributed by atoms with Crippen molar-refractivity contribution in [2.75, 3.05) is 51.4 Å². The number of ether oxygens (including phenoxy) is 3. The number of nitrogens with zero attached hydrogens (tertiary/aromatic N) is 3. The number of rotatable bonds is 9. The molecule has 1 aliphatic rings. The molecule has 0 bridgehead atoms. The minimum Gasteiger partial charge on any atom is -0.497 e. The van der Waals surface area contributed by atoms with Crippen molar-refractivity contribution < 1.29 is 19.0 Å². The second kappa shape index (κ2) is 12.5. The zero-order valence-electron chi connectivity index (χ0n) is 23.5. The van der Waals surface area contributed by atoms with E-state index < -0.39 is 0 Å². The molecule has 214 valence electrons. The van der Waals surface area contributed by atoms with Gasteiger partial charge in [-0.2, -0.15) is 0 Å². The second-order valence-corrected chi connectivity index (χ2v) is 10.1. The molecule has 1 fully saturated rings. The van der Waals surface area contributed by atoms with Gasteiger partial charge in [0.25, 0.3) is 11.5 Å². The first-order valence-electron chi connectivity index (χ1n) is 13.8. The van der Waals surface area contributed by atoms with Crippen molar-refractivity contribution in [2.45, 2.75) is 20.4 Å². The standard InChI is InChI=1S/C31H34N4O5S/c1-4-39-27-18-25-26(19-28(27)40-5-2)32-31(41)35(30(25)37)20-21-6-8-22(9-7-21)29(36)34-16-14-33(15-17-34)23-10-12-24(38-3)13-11-23/h6-13,18-19H,4-5,14-17,20H2,1-3H3,(H,32,41). The summed E-state index contributed by atoms with van der Waals surface area (Å²) in [6, 6.07) is 18.8. The monoisotopic (exact) mass is 574 g/mol. The van der Waals surface area contributed by atoms with E-state index in [-0.39, 0.29) is 18.0 Å². The summed E-state index contributed by atoms with van der Waals surface area (Å²) in [5.74, 6) is 1.90. The Morgan fingerprint density at radius 3 is 2.15 bits per heavy atom. The molecule has 0 spiro atoms. The normalized spacial score (nSPS) is 13.3. The number of fused-ring (bicyclic) bond motifs is 1. The Labute approximate surface area is 243 Å². The molecule has 0 aliphatic carbocycles. The Bertz CT molecular complexity index is 1640. The van der Waals surface area contributed by atoms with Gasteiger partial charge in [0.2, 0.25) is 0 Å². The van der Waals surface area contributed by atoms with Gasteiger partial charge in [0.15, 0.2) is 16.3 Å². The van der Waals surface area contributed by atoms with Gasteiger partial charge in [0, 0.05) is 43.5 Å². The van der Waals surface area contributed by atoms with E-state index in [1.54, 1.807) is 19.2 Å². The Kier molecular flexibility index (Phi) is 8.58. The average Bonchev–Trinajstić information content (AvgIpc) is 3.00. The molecule has 0 radical (unpaired) electrons. The number of anilines is 1. The number of piperazine rings is 1. The summed E-state index contributed by atoms with van der Waals surface area (Å²) in [5, 5.41) is 0.464. The summed E-state index contributed by atoms with van der Waals surface area (Å²) < 4.78 is 18.5. The van der Waals surface area contributed by atoms with Gasteiger partial charge in [-0.25, -0.2) is 0 Å². The van der Waals surface area contributed by atoms with E-state index in [0.29, 0.717) is 59.0 Å². The van der Waals surface area contributed by atoms with E-state index in [0.717, 1.165) is 30.1 Å². The van der Waals surface area contributed by atoms with Gasteiger partial charge in [0.1, 0.15) is 5.75 Å². The number of aromatic nitrogens is 2. The zero-order valence-corrected chi connectivity index (χ0v) is 24.3. The fourth-order valence-electron chi connectivity index (χ4n) is 5.02. The quantitative estimate of drug-likeness (QED) is 0.285. The maximum atomic E-state index is 13.4. The van der Waals surface area contributed by atoms with Crippen LogP contribution in [0.2, 0.25) is 0 Å². The second-order valence-electron chi connectivity index (χ2n) is 9.71. The predicted octanol–water partition coefficient (Wildman–Crippen LogP) is 4.88. The van der Waals surface area contributed by atoms with E-state index in [1.807, 2.05) is 67.3 Å². The van der Waals surface area contributed by atoms with Gasteiger partial charge < -0.3 is 29.0 Å². The molecule has 1 amide bonds. The van der Waals surface area contributed by atoms with Crippen LogP contribution in [0.5, 0.6) is 17.2 Å². The average molecular weight is 575 g/mol. The highest BCUT2D eigenvalue weighted by Crippen LogP contribution is 2.31. The van der Waals surface area contributed by atoms with Crippen LogP contribution in [0.15, 0.2) is 65.5 Å². The molecule has 0 saturated carbocycles. The van der Waals surface area contributed by atoms with Crippen molar-refractivity contribution >= 4 is 34.7 Å². The molecule has 1 saturated heterocycles. The van der Waals surface area contributed by atoms with Crippen LogP contribution in [0.4, 0.5) is 5.69 Å². The largest absolute Gasteiger partial charge is 0.497 e. The molecule has 5 rings (SSSR count). The van der Waals surface area contributed by atoms with Crippen LogP contribution in [-0.4, -0.2) is 66.9 Å². The fraction of sp³-hybridized carbons (Fsp3) is 0.323. The molecule has 2 heterocycles. The van der Waals surface area contributed by atoms with Crippen molar-refractivity contribution in [3.63, 3.8) is 0 Å². The van der Waals surface area contributed by atoms with Crippen LogP contribution in [0.1, 0.15) is 29.8 Å². The minimum atomic E-state index is -0.220. The predicted molar refractivity (Wildman–Crippen MR) is 162 cm³/mol. The van der Waals surface area contributed by atoms with Crippen LogP contribution >= 0.6 is 12.2 Å². The third-order valence-electron chi connectivity index (χ3n) is 7.19. The lowest BCUT2D eigenvalue weighted by atomic mass is 10.1. The van der Waals surface area contributed by atoms with Gasteiger partial charge in [-0.1, -0.05) is 12.1 Å². The number of benzene rings is 3. The number of hydrogen-bond donors (Lipinski definition) is 1. The molecule has 9 nitrogen and oxygen atoms in total. The topological polar surface area (TPSA) is 89.0 Å². The third-order valence-corrected chi connectivity index (χ3v) is 7.51. The molecule has 0 atom stereocenters. The summed E-state index contributed by atoms with van der Waals surface area (Å²) >= 11 is 5.53. The van der Waals surface area contributed by atoms with E-state index in [2.05, 4.69) is 9.88 Å². The van der Waals surface area contributed by atoms with Crippen LogP contribution in [0.25, 0.3) is 10.9 Å². The van der Waals surface area contributed by atoms with Crippen molar-refractivity contribution in [1.82, 2.24) is 14.5 Å². The molecule has 3 aromatic carbocycles. The van der Waals surface area contributed by atoms with Gasteiger partial charge in [-0.05, 0) is 74.1 Å². The summed E-state index contributed by atoms with van der Waals surface area (Å²) in [7, 11) is 1.65. The summed E-state index contributed by atoms with van der Waals surface area (Å²) in [6.07, 6.45) is 0. The van der Waals surface area contributed by atoms with Crippen LogP contribution in [0.3, 0.4) is 0 Å². The maximum absolute atomic E-state index is 13.4. The van der Waals surface area contributed by atoms with Gasteiger partial charge in [0.05, 0.1) is 37.8 Å². The molecule has 4 aromatic rings. The number of H-pyrrole nitrogens is 1. The Hall–Kier alpha value is -4.31. The highest BCUT2D eigenvalue weighted by Gasteiger charge is 2.22. The maximum Gasteiger partial charge on any atom is 0.262 e. The number of nitrogens with one attached hydrogen (secondary N) is 1. The lowest BCUT2D eigenvalue weighted by Gasteiger charge is -2.36. The highest BCUT2D eigenvalue weighted by molar-refractivity contribution is 7.71. The first kappa shape index (κ1) is 28.2. The molecule has 1 N–H and O–H groups in total. The molecule has 1 aliphatic heterocycles. The number of hydrogen-bond acceptors (Lipinski definition) is 7. The minimum absolute atomic E-state index is 0.000323. The Balaban J connectivity index is 1.28. The Morgan fingerprint density at radius 2 is 1.54 bits per heavy atom. The summed E-state index contributed by atoms with van der Waals surface area (Å²) in [4.78, 5) is 33.9. The lowest BCUT2D eigenvalue weighted by Crippen LogP contribution is -2.48. The number of aromatic amines is 1. The van der Waals surface area contributed by atoms with Crippen molar-refractivity contribution in [1.29, 1.82) is 0 Å². The van der Waals surface area contributed by atoms with Crippen LogP contribution in [0, 0.1) is 4.77 Å². The van der Waals surface area contributed by atoms with E-state index in [4.69, 9.17) is 26.4 Å². The van der Waals surface area contributed by atoms with E-state index in [1.165, 1.54) is 4.57 Å². The number of amides is 1. The molecule has 1 aromatic heterocycles. The number of carbonyl (C=O) groups excluding carboxylic acids is 1. The first-order valence-corrected chi connectivity index (χ1v) is 14.2. The molecular weight excluding hydrogens is 540 g/mol. The number of methoxy groups -OCH3 is 1. The van der Waals surface area contributed by atoms with Crippen molar-refractivity contribution in [2.24, 2.45) is 0 Å². The smallest absolute Gasteiger partial charge is 0.262 e. The first-order chi connectivity index (χ1) is 19.9. The Morgan fingerprint density at radius 1 is 0.902 bits per heavy atom. The molecule has 41 heavy (non-hydrogen) atoms. The summed E-state index contributed by atoms with van der Waals surface area (Å²) in [6.45, 7) is 7.78. The van der Waals surface area contributed by atoms with Crippen molar-refractivity contribution in [3.8, 4) is 17.2 Å². The van der Waals surface area contributed by atoms with Gasteiger partial charge in [-0.3, -0.25) is 14.2 Å². The van der Waals surface area contributed by atoms with E-state index in [9.17, 15) is 9.59 Å². The van der Waals surface area contributed by atoms with Crippen LogP contribution < -0.4 is 24.7 Å². The molecular formula is C31H34N4O5S. The van der Waals surface area contributed by atoms with Crippen molar-refractivity contribution in [3.05, 3.63) is 86.9 Å². The lowest BCUT2D eigenvalue weighted by molar-refractivity contribution is 0.0747. The van der Waals surface area contributed by atoms with Gasteiger partial charge >= 0.3 is 0 Å². The summed E-state index contributed by atoms with van der Waals surface area (Å²) in [5.41, 5.74) is 2.97. The van der Waals surface area contributed by atoms with E-state index >= 15 is 0 Å².